The first-order valence-corrected chi connectivity index (χ1v) is 9.06. The Bertz CT molecular complexity index is 836. The average molecular weight is 361 g/mol. The number of anilines is 1. The first-order valence-electron chi connectivity index (χ1n) is 7.77. The topological polar surface area (TPSA) is 64.4 Å². The van der Waals surface area contributed by atoms with Crippen molar-refractivity contribution in [2.75, 3.05) is 31.1 Å². The molecular formula is C15H17N6OS2+. The number of rotatable bonds is 4. The Morgan fingerprint density at radius 2 is 2.00 bits per heavy atom. The normalized spacial score (nSPS) is 15.8. The van der Waals surface area contributed by atoms with E-state index in [4.69, 9.17) is 16.6 Å². The van der Waals surface area contributed by atoms with Crippen molar-refractivity contribution in [3.8, 4) is 10.8 Å². The van der Waals surface area contributed by atoms with E-state index in [1.165, 1.54) is 4.90 Å². The molecular weight excluding hydrogens is 344 g/mol. The zero-order valence-corrected chi connectivity index (χ0v) is 14.6. The van der Waals surface area contributed by atoms with Gasteiger partial charge in [0.1, 0.15) is 0 Å². The van der Waals surface area contributed by atoms with Crippen molar-refractivity contribution in [2.45, 2.75) is 6.67 Å². The predicted octanol–water partition coefficient (Wildman–Crippen LogP) is 1.09. The summed E-state index contributed by atoms with van der Waals surface area (Å²) in [5, 5.41) is 6.52. The van der Waals surface area contributed by atoms with E-state index in [1.54, 1.807) is 28.4 Å². The van der Waals surface area contributed by atoms with E-state index in [2.05, 4.69) is 20.0 Å². The van der Waals surface area contributed by atoms with Gasteiger partial charge in [-0.2, -0.15) is 4.68 Å². The molecule has 0 spiro atoms. The predicted molar refractivity (Wildman–Crippen MR) is 93.6 cm³/mol. The second kappa shape index (κ2) is 6.80. The lowest BCUT2D eigenvalue weighted by molar-refractivity contribution is -0.924. The van der Waals surface area contributed by atoms with Crippen molar-refractivity contribution in [2.24, 2.45) is 0 Å². The molecule has 1 fully saturated rings. The molecule has 9 heteroatoms. The minimum Gasteiger partial charge on any atom is -0.408 e. The zero-order chi connectivity index (χ0) is 16.4. The van der Waals surface area contributed by atoms with E-state index in [9.17, 15) is 0 Å². The van der Waals surface area contributed by atoms with E-state index in [1.807, 2.05) is 23.6 Å². The fourth-order valence-electron chi connectivity index (χ4n) is 2.75. The number of quaternary nitrogens is 1. The molecule has 0 saturated carbocycles. The highest BCUT2D eigenvalue weighted by Crippen LogP contribution is 2.22. The van der Waals surface area contributed by atoms with Gasteiger partial charge in [-0.3, -0.25) is 0 Å². The Hall–Kier alpha value is -2.10. The standard InChI is InChI=1S/C15H16N6OS2/c23-15-21(18-13(22-15)12-3-1-10-24-12)11-19-6-8-20(9-7-19)14-16-4-2-5-17-14/h1-5,10H,6-9,11H2/p+1. The van der Waals surface area contributed by atoms with E-state index < -0.39 is 0 Å². The second-order valence-corrected chi connectivity index (χ2v) is 6.89. The summed E-state index contributed by atoms with van der Waals surface area (Å²) >= 11 is 6.91. The number of piperazine rings is 1. The average Bonchev–Trinajstić information content (AvgIpc) is 3.27. The smallest absolute Gasteiger partial charge is 0.292 e. The summed E-state index contributed by atoms with van der Waals surface area (Å²) in [7, 11) is 0. The molecule has 0 amide bonds. The highest BCUT2D eigenvalue weighted by molar-refractivity contribution is 7.71. The van der Waals surface area contributed by atoms with Crippen molar-refractivity contribution in [3.05, 3.63) is 40.8 Å². The highest BCUT2D eigenvalue weighted by atomic mass is 32.1. The number of nitrogens with zero attached hydrogens (tertiary/aromatic N) is 5. The third-order valence-corrected chi connectivity index (χ3v) is 5.17. The molecule has 4 rings (SSSR count). The summed E-state index contributed by atoms with van der Waals surface area (Å²) in [5.74, 6) is 1.40. The van der Waals surface area contributed by atoms with Crippen molar-refractivity contribution >= 4 is 29.5 Å². The molecule has 1 aliphatic heterocycles. The van der Waals surface area contributed by atoms with E-state index in [0.29, 0.717) is 10.7 Å². The molecule has 7 nitrogen and oxygen atoms in total. The van der Waals surface area contributed by atoms with Gasteiger partial charge in [0.15, 0.2) is 6.67 Å². The molecule has 0 aliphatic carbocycles. The van der Waals surface area contributed by atoms with Crippen LogP contribution in [0.3, 0.4) is 0 Å². The summed E-state index contributed by atoms with van der Waals surface area (Å²) in [6.45, 7) is 4.53. The maximum Gasteiger partial charge on any atom is 0.292 e. The van der Waals surface area contributed by atoms with Crippen LogP contribution in [0.1, 0.15) is 0 Å². The van der Waals surface area contributed by atoms with Gasteiger partial charge in [-0.15, -0.1) is 16.4 Å². The molecule has 1 aliphatic rings. The fourth-order valence-corrected chi connectivity index (χ4v) is 3.58. The van der Waals surface area contributed by atoms with Gasteiger partial charge < -0.3 is 14.2 Å². The van der Waals surface area contributed by atoms with Crippen LogP contribution in [-0.4, -0.2) is 45.9 Å². The van der Waals surface area contributed by atoms with Crippen LogP contribution in [0.2, 0.25) is 0 Å². The summed E-state index contributed by atoms with van der Waals surface area (Å²) in [6.07, 6.45) is 3.56. The lowest BCUT2D eigenvalue weighted by atomic mass is 10.3. The summed E-state index contributed by atoms with van der Waals surface area (Å²) < 4.78 is 7.41. The highest BCUT2D eigenvalue weighted by Gasteiger charge is 2.23. The van der Waals surface area contributed by atoms with Crippen LogP contribution >= 0.6 is 23.6 Å². The van der Waals surface area contributed by atoms with Crippen LogP contribution < -0.4 is 9.80 Å². The number of nitrogens with one attached hydrogen (secondary N) is 1. The van der Waals surface area contributed by atoms with Crippen molar-refractivity contribution in [1.82, 2.24) is 19.7 Å². The van der Waals surface area contributed by atoms with Crippen LogP contribution in [0.5, 0.6) is 0 Å². The third-order valence-electron chi connectivity index (χ3n) is 4.02. The molecule has 124 valence electrons. The van der Waals surface area contributed by atoms with Gasteiger partial charge in [0.25, 0.3) is 10.7 Å². The Morgan fingerprint density at radius 1 is 1.21 bits per heavy atom. The maximum atomic E-state index is 5.62. The molecule has 24 heavy (non-hydrogen) atoms. The van der Waals surface area contributed by atoms with Gasteiger partial charge in [-0.05, 0) is 29.7 Å². The molecule has 4 heterocycles. The monoisotopic (exact) mass is 361 g/mol. The van der Waals surface area contributed by atoms with Crippen LogP contribution in [0.4, 0.5) is 5.95 Å². The van der Waals surface area contributed by atoms with Gasteiger partial charge in [-0.25, -0.2) is 9.97 Å². The molecule has 0 radical (unpaired) electrons. The molecule has 3 aromatic heterocycles. The molecule has 0 atom stereocenters. The van der Waals surface area contributed by atoms with Crippen LogP contribution in [0.25, 0.3) is 10.8 Å². The lowest BCUT2D eigenvalue weighted by Gasteiger charge is -2.31. The van der Waals surface area contributed by atoms with Gasteiger partial charge >= 0.3 is 0 Å². The Labute approximate surface area is 148 Å². The largest absolute Gasteiger partial charge is 0.408 e. The van der Waals surface area contributed by atoms with Crippen molar-refractivity contribution in [3.63, 3.8) is 0 Å². The Morgan fingerprint density at radius 3 is 2.71 bits per heavy atom. The summed E-state index contributed by atoms with van der Waals surface area (Å²) in [4.78, 5) is 13.7. The number of hydrogen-bond acceptors (Lipinski definition) is 7. The molecule has 1 N–H and O–H groups in total. The molecule has 0 unspecified atom stereocenters. The first kappa shape index (κ1) is 15.4. The van der Waals surface area contributed by atoms with Crippen molar-refractivity contribution in [1.29, 1.82) is 0 Å². The number of hydrogen-bond donors (Lipinski definition) is 1. The third kappa shape index (κ3) is 3.23. The Kier molecular flexibility index (Phi) is 4.37. The van der Waals surface area contributed by atoms with Crippen LogP contribution in [0.15, 0.2) is 40.4 Å². The van der Waals surface area contributed by atoms with E-state index in [0.717, 1.165) is 43.7 Å². The molecule has 3 aromatic rings. The van der Waals surface area contributed by atoms with Crippen LogP contribution in [-0.2, 0) is 6.67 Å². The summed E-state index contributed by atoms with van der Waals surface area (Å²) in [5.41, 5.74) is 0. The van der Waals surface area contributed by atoms with E-state index in [-0.39, 0.29) is 0 Å². The maximum absolute atomic E-state index is 5.62. The number of aromatic nitrogens is 4. The fraction of sp³-hybridized carbons (Fsp3) is 0.333. The first-order chi connectivity index (χ1) is 11.8. The Balaban J connectivity index is 1.40. The van der Waals surface area contributed by atoms with Gasteiger partial charge in [0, 0.05) is 12.4 Å². The molecule has 0 bridgehead atoms. The summed E-state index contributed by atoms with van der Waals surface area (Å²) in [6, 6.07) is 5.80. The minimum atomic E-state index is 0.430. The van der Waals surface area contributed by atoms with Crippen LogP contribution in [0, 0.1) is 4.84 Å². The quantitative estimate of drug-likeness (QED) is 0.702. The van der Waals surface area contributed by atoms with E-state index >= 15 is 0 Å². The van der Waals surface area contributed by atoms with Gasteiger partial charge in [0.2, 0.25) is 5.95 Å². The molecule has 1 saturated heterocycles. The van der Waals surface area contributed by atoms with Crippen molar-refractivity contribution < 1.29 is 9.32 Å². The minimum absolute atomic E-state index is 0.430. The molecule has 0 aromatic carbocycles. The van der Waals surface area contributed by atoms with Gasteiger partial charge in [-0.1, -0.05) is 6.07 Å². The SMILES string of the molecule is S=c1oc(-c2cccs2)nn1C[NH+]1CCN(c2ncccn2)CC1. The lowest BCUT2D eigenvalue weighted by Crippen LogP contribution is -3.14. The number of thiophene rings is 1. The van der Waals surface area contributed by atoms with Gasteiger partial charge in [0.05, 0.1) is 31.1 Å². The second-order valence-electron chi connectivity index (χ2n) is 5.59. The zero-order valence-electron chi connectivity index (χ0n) is 13.0.